The smallest absolute Gasteiger partial charge is 0.244 e. The molecule has 0 fully saturated rings. The Morgan fingerprint density at radius 2 is 1.92 bits per heavy atom. The number of ether oxygens (including phenoxy) is 2. The van der Waals surface area contributed by atoms with Crippen LogP contribution in [0.25, 0.3) is 0 Å². The monoisotopic (exact) mass is 369 g/mol. The maximum atomic E-state index is 12.5. The minimum absolute atomic E-state index is 0.0410. The summed E-state index contributed by atoms with van der Waals surface area (Å²) in [5.74, 6) is 1.69. The molecule has 0 aliphatic rings. The molecule has 9 heteroatoms. The van der Waals surface area contributed by atoms with E-state index in [9.17, 15) is 8.42 Å². The quantitative estimate of drug-likeness (QED) is 0.795. The molecule has 0 radical (unpaired) electrons. The first-order chi connectivity index (χ1) is 11.7. The SMILES string of the molecule is COc1ccc(S(=O)(=O)NCCc2noc(C(C)(C)C)n2)c(OC)c1. The molecule has 1 heterocycles. The molecular formula is C16H23N3O5S. The van der Waals surface area contributed by atoms with E-state index in [-0.39, 0.29) is 22.6 Å². The van der Waals surface area contributed by atoms with Crippen molar-refractivity contribution in [2.24, 2.45) is 0 Å². The summed E-state index contributed by atoms with van der Waals surface area (Å²) >= 11 is 0. The fourth-order valence-corrected chi connectivity index (χ4v) is 3.21. The van der Waals surface area contributed by atoms with Gasteiger partial charge in [-0.2, -0.15) is 4.98 Å². The summed E-state index contributed by atoms with van der Waals surface area (Å²) < 4.78 is 42.9. The van der Waals surface area contributed by atoms with Gasteiger partial charge in [-0.1, -0.05) is 25.9 Å². The van der Waals surface area contributed by atoms with Crippen LogP contribution >= 0.6 is 0 Å². The van der Waals surface area contributed by atoms with Crippen molar-refractivity contribution in [1.29, 1.82) is 0 Å². The Hall–Kier alpha value is -2.13. The molecule has 1 aromatic carbocycles. The second kappa shape index (κ2) is 7.40. The van der Waals surface area contributed by atoms with Crippen LogP contribution in [0.5, 0.6) is 11.5 Å². The fraction of sp³-hybridized carbons (Fsp3) is 0.500. The lowest BCUT2D eigenvalue weighted by Crippen LogP contribution is -2.26. The second-order valence-corrected chi connectivity index (χ2v) is 8.17. The number of benzene rings is 1. The molecule has 1 N–H and O–H groups in total. The van der Waals surface area contributed by atoms with Crippen LogP contribution in [-0.4, -0.2) is 39.3 Å². The molecule has 0 spiro atoms. The zero-order chi connectivity index (χ0) is 18.7. The highest BCUT2D eigenvalue weighted by Crippen LogP contribution is 2.28. The Balaban J connectivity index is 2.06. The molecule has 0 bridgehead atoms. The number of methoxy groups -OCH3 is 2. The van der Waals surface area contributed by atoms with E-state index in [1.165, 1.54) is 26.4 Å². The van der Waals surface area contributed by atoms with E-state index in [0.29, 0.717) is 23.9 Å². The van der Waals surface area contributed by atoms with Crippen molar-refractivity contribution in [3.63, 3.8) is 0 Å². The molecule has 0 unspecified atom stereocenters. The molecule has 1 aromatic heterocycles. The first-order valence-corrected chi connectivity index (χ1v) is 9.20. The van der Waals surface area contributed by atoms with E-state index < -0.39 is 10.0 Å². The largest absolute Gasteiger partial charge is 0.497 e. The van der Waals surface area contributed by atoms with E-state index in [4.69, 9.17) is 14.0 Å². The van der Waals surface area contributed by atoms with Gasteiger partial charge in [0.1, 0.15) is 16.4 Å². The van der Waals surface area contributed by atoms with E-state index in [0.717, 1.165) is 0 Å². The van der Waals surface area contributed by atoms with Crippen LogP contribution in [0.1, 0.15) is 32.5 Å². The summed E-state index contributed by atoms with van der Waals surface area (Å²) in [6, 6.07) is 4.52. The zero-order valence-corrected chi connectivity index (χ0v) is 15.8. The summed E-state index contributed by atoms with van der Waals surface area (Å²) in [7, 11) is -0.835. The average molecular weight is 369 g/mol. The van der Waals surface area contributed by atoms with Crippen molar-refractivity contribution in [1.82, 2.24) is 14.9 Å². The van der Waals surface area contributed by atoms with E-state index in [1.54, 1.807) is 6.07 Å². The van der Waals surface area contributed by atoms with Gasteiger partial charge in [-0.05, 0) is 12.1 Å². The predicted octanol–water partition coefficient (Wildman–Crippen LogP) is 1.91. The number of sulfonamides is 1. The minimum atomic E-state index is -3.74. The van der Waals surface area contributed by atoms with Gasteiger partial charge in [0.05, 0.1) is 14.2 Å². The Bertz CT molecular complexity index is 825. The highest BCUT2D eigenvalue weighted by atomic mass is 32.2. The Morgan fingerprint density at radius 3 is 2.48 bits per heavy atom. The molecule has 2 rings (SSSR count). The highest BCUT2D eigenvalue weighted by Gasteiger charge is 2.23. The first-order valence-electron chi connectivity index (χ1n) is 7.72. The number of nitrogens with zero attached hydrogens (tertiary/aromatic N) is 2. The van der Waals surface area contributed by atoms with E-state index in [1.807, 2.05) is 20.8 Å². The molecule has 0 aliphatic carbocycles. The van der Waals surface area contributed by atoms with Gasteiger partial charge in [-0.15, -0.1) is 0 Å². The van der Waals surface area contributed by atoms with E-state index in [2.05, 4.69) is 14.9 Å². The molecule has 138 valence electrons. The summed E-state index contributed by atoms with van der Waals surface area (Å²) in [5, 5.41) is 3.87. The fourth-order valence-electron chi connectivity index (χ4n) is 2.03. The Morgan fingerprint density at radius 1 is 1.20 bits per heavy atom. The van der Waals surface area contributed by atoms with Crippen LogP contribution < -0.4 is 14.2 Å². The molecule has 2 aromatic rings. The number of hydrogen-bond acceptors (Lipinski definition) is 7. The summed E-state index contributed by atoms with van der Waals surface area (Å²) in [4.78, 5) is 4.32. The number of rotatable bonds is 7. The van der Waals surface area contributed by atoms with Gasteiger partial charge >= 0.3 is 0 Å². The third kappa shape index (κ3) is 4.70. The third-order valence-electron chi connectivity index (χ3n) is 3.41. The number of hydrogen-bond donors (Lipinski definition) is 1. The van der Waals surface area contributed by atoms with Crippen molar-refractivity contribution in [3.05, 3.63) is 29.9 Å². The number of aromatic nitrogens is 2. The lowest BCUT2D eigenvalue weighted by Gasteiger charge is -2.11. The van der Waals surface area contributed by atoms with Gasteiger partial charge in [0.2, 0.25) is 15.9 Å². The molecule has 0 aliphatic heterocycles. The van der Waals surface area contributed by atoms with Gasteiger partial charge in [0.25, 0.3) is 0 Å². The topological polar surface area (TPSA) is 104 Å². The van der Waals surface area contributed by atoms with Crippen molar-refractivity contribution in [2.75, 3.05) is 20.8 Å². The van der Waals surface area contributed by atoms with Crippen molar-refractivity contribution in [3.8, 4) is 11.5 Å². The van der Waals surface area contributed by atoms with Gasteiger partial charge < -0.3 is 14.0 Å². The Labute approximate surface area is 147 Å². The maximum Gasteiger partial charge on any atom is 0.244 e. The van der Waals surface area contributed by atoms with Gasteiger partial charge in [-0.3, -0.25) is 0 Å². The molecule has 0 atom stereocenters. The summed E-state index contributed by atoms with van der Waals surface area (Å²) in [6.45, 7) is 6.02. The number of nitrogens with one attached hydrogen (secondary N) is 1. The second-order valence-electron chi connectivity index (χ2n) is 6.43. The molecule has 0 saturated carbocycles. The van der Waals surface area contributed by atoms with Crippen LogP contribution in [0.2, 0.25) is 0 Å². The summed E-state index contributed by atoms with van der Waals surface area (Å²) in [5.41, 5.74) is -0.249. The maximum absolute atomic E-state index is 12.5. The minimum Gasteiger partial charge on any atom is -0.497 e. The summed E-state index contributed by atoms with van der Waals surface area (Å²) in [6.07, 6.45) is 0.317. The van der Waals surface area contributed by atoms with Crippen LogP contribution in [0.15, 0.2) is 27.6 Å². The zero-order valence-electron chi connectivity index (χ0n) is 15.0. The van der Waals surface area contributed by atoms with E-state index >= 15 is 0 Å². The van der Waals surface area contributed by atoms with Gasteiger partial charge in [0.15, 0.2) is 5.82 Å². The lowest BCUT2D eigenvalue weighted by molar-refractivity contribution is 0.318. The van der Waals surface area contributed by atoms with Crippen LogP contribution in [-0.2, 0) is 21.9 Å². The predicted molar refractivity (Wildman–Crippen MR) is 91.4 cm³/mol. The van der Waals surface area contributed by atoms with Crippen molar-refractivity contribution < 1.29 is 22.4 Å². The molecule has 0 saturated heterocycles. The molecule has 25 heavy (non-hydrogen) atoms. The molecular weight excluding hydrogens is 346 g/mol. The van der Waals surface area contributed by atoms with Crippen molar-refractivity contribution >= 4 is 10.0 Å². The van der Waals surface area contributed by atoms with Crippen LogP contribution in [0.4, 0.5) is 0 Å². The average Bonchev–Trinajstić information content (AvgIpc) is 3.03. The standard InChI is InChI=1S/C16H23N3O5S/c1-16(2,3)15-18-14(19-24-15)8-9-17-25(20,21)13-7-6-11(22-4)10-12(13)23-5/h6-7,10,17H,8-9H2,1-5H3. The first kappa shape index (κ1) is 19.2. The molecule has 0 amide bonds. The van der Waals surface area contributed by atoms with Gasteiger partial charge in [0, 0.05) is 24.4 Å². The lowest BCUT2D eigenvalue weighted by atomic mass is 9.97. The van der Waals surface area contributed by atoms with Crippen LogP contribution in [0, 0.1) is 0 Å². The normalized spacial score (nSPS) is 12.2. The van der Waals surface area contributed by atoms with Crippen LogP contribution in [0.3, 0.4) is 0 Å². The van der Waals surface area contributed by atoms with Crippen molar-refractivity contribution in [2.45, 2.75) is 37.5 Å². The third-order valence-corrected chi connectivity index (χ3v) is 4.91. The highest BCUT2D eigenvalue weighted by molar-refractivity contribution is 7.89. The Kier molecular flexibility index (Phi) is 5.69. The van der Waals surface area contributed by atoms with Gasteiger partial charge in [-0.25, -0.2) is 13.1 Å². The molecule has 8 nitrogen and oxygen atoms in total.